The van der Waals surface area contributed by atoms with Crippen LogP contribution in [0.3, 0.4) is 0 Å². The molecule has 2 aliphatic rings. The second kappa shape index (κ2) is 10.9. The Labute approximate surface area is 205 Å². The standard InChI is InChI=1S/C24H35NO6S2/c1-23(2,3)31-22(27)25-18(14-30-24(25,4)5)20(26)21-19(32-11-12-33-21)15-29-13-16-7-9-17(28-6)10-8-16/h7-10,18,20,26H,11-15H2,1-6H3/t18-,20-/m0/s1. The van der Waals surface area contributed by atoms with Crippen molar-refractivity contribution in [3.05, 3.63) is 39.6 Å². The average molecular weight is 498 g/mol. The van der Waals surface area contributed by atoms with Crippen LogP contribution in [-0.4, -0.2) is 71.4 Å². The zero-order chi connectivity index (χ0) is 24.2. The van der Waals surface area contributed by atoms with Gasteiger partial charge < -0.3 is 24.1 Å². The van der Waals surface area contributed by atoms with E-state index in [1.54, 1.807) is 30.6 Å². The quantitative estimate of drug-likeness (QED) is 0.584. The molecule has 3 rings (SSSR count). The summed E-state index contributed by atoms with van der Waals surface area (Å²) in [6.07, 6.45) is -1.36. The summed E-state index contributed by atoms with van der Waals surface area (Å²) in [5.41, 5.74) is -0.457. The molecule has 0 radical (unpaired) electrons. The first-order valence-corrected chi connectivity index (χ1v) is 13.0. The smallest absolute Gasteiger partial charge is 0.413 e. The van der Waals surface area contributed by atoms with Crippen molar-refractivity contribution in [2.24, 2.45) is 0 Å². The van der Waals surface area contributed by atoms with Gasteiger partial charge in [-0.2, -0.15) is 0 Å². The van der Waals surface area contributed by atoms with Gasteiger partial charge >= 0.3 is 6.09 Å². The molecule has 1 N–H and O–H groups in total. The lowest BCUT2D eigenvalue weighted by Gasteiger charge is -2.37. The molecule has 1 amide bonds. The van der Waals surface area contributed by atoms with E-state index in [0.717, 1.165) is 32.6 Å². The fourth-order valence-electron chi connectivity index (χ4n) is 3.72. The Hall–Kier alpha value is -1.39. The van der Waals surface area contributed by atoms with E-state index >= 15 is 0 Å². The fraction of sp³-hybridized carbons (Fsp3) is 0.625. The predicted octanol–water partition coefficient (Wildman–Crippen LogP) is 4.64. The van der Waals surface area contributed by atoms with Crippen LogP contribution >= 0.6 is 23.5 Å². The first-order valence-electron chi connectivity index (χ1n) is 11.1. The van der Waals surface area contributed by atoms with Gasteiger partial charge in [0.15, 0.2) is 0 Å². The van der Waals surface area contributed by atoms with Crippen LogP contribution in [0.5, 0.6) is 5.75 Å². The summed E-state index contributed by atoms with van der Waals surface area (Å²) in [5.74, 6) is 2.65. The molecule has 1 aromatic carbocycles. The number of rotatable bonds is 7. The SMILES string of the molecule is COc1ccc(COCC2=C([C@@H](O)[C@@H]3COC(C)(C)N3C(=O)OC(C)(C)C)SCCS2)cc1. The minimum absolute atomic E-state index is 0.238. The Balaban J connectivity index is 1.72. The van der Waals surface area contributed by atoms with Gasteiger partial charge in [0, 0.05) is 21.3 Å². The van der Waals surface area contributed by atoms with Crippen LogP contribution in [0.1, 0.15) is 40.2 Å². The van der Waals surface area contributed by atoms with E-state index in [0.29, 0.717) is 13.2 Å². The molecule has 2 aliphatic heterocycles. The van der Waals surface area contributed by atoms with E-state index in [9.17, 15) is 9.90 Å². The van der Waals surface area contributed by atoms with Crippen LogP contribution in [0.25, 0.3) is 0 Å². The highest BCUT2D eigenvalue weighted by Crippen LogP contribution is 2.41. The van der Waals surface area contributed by atoms with Crippen molar-refractivity contribution in [1.29, 1.82) is 0 Å². The Morgan fingerprint density at radius 1 is 1.21 bits per heavy atom. The third-order valence-electron chi connectivity index (χ3n) is 5.30. The van der Waals surface area contributed by atoms with Crippen LogP contribution in [-0.2, 0) is 20.8 Å². The summed E-state index contributed by atoms with van der Waals surface area (Å²) in [4.78, 5) is 16.4. The van der Waals surface area contributed by atoms with Crippen molar-refractivity contribution in [2.75, 3.05) is 31.8 Å². The molecule has 0 unspecified atom stereocenters. The monoisotopic (exact) mass is 497 g/mol. The van der Waals surface area contributed by atoms with Crippen LogP contribution < -0.4 is 4.74 Å². The summed E-state index contributed by atoms with van der Waals surface area (Å²) in [6, 6.07) is 7.23. The van der Waals surface area contributed by atoms with Gasteiger partial charge in [-0.3, -0.25) is 4.90 Å². The number of ether oxygens (including phenoxy) is 4. The molecular formula is C24H35NO6S2. The molecule has 0 saturated carbocycles. The van der Waals surface area contributed by atoms with Crippen LogP contribution in [0.15, 0.2) is 34.1 Å². The first-order chi connectivity index (χ1) is 15.5. The van der Waals surface area contributed by atoms with Gasteiger partial charge in [0.25, 0.3) is 0 Å². The van der Waals surface area contributed by atoms with Crippen LogP contribution in [0, 0.1) is 0 Å². The number of aliphatic hydroxyl groups is 1. The third kappa shape index (κ3) is 6.82. The van der Waals surface area contributed by atoms with Crippen molar-refractivity contribution in [2.45, 2.75) is 64.7 Å². The highest BCUT2D eigenvalue weighted by molar-refractivity contribution is 8.10. The molecule has 0 aliphatic carbocycles. The lowest BCUT2D eigenvalue weighted by molar-refractivity contribution is -0.0662. The largest absolute Gasteiger partial charge is 0.497 e. The maximum absolute atomic E-state index is 13.0. The average Bonchev–Trinajstić information content (AvgIpc) is 3.08. The number of carbonyl (C=O) groups is 1. The predicted molar refractivity (Wildman–Crippen MR) is 132 cm³/mol. The Morgan fingerprint density at radius 3 is 2.52 bits per heavy atom. The maximum Gasteiger partial charge on any atom is 0.413 e. The van der Waals surface area contributed by atoms with E-state index in [-0.39, 0.29) is 6.61 Å². The molecule has 1 saturated heterocycles. The second-order valence-electron chi connectivity index (χ2n) is 9.45. The molecule has 7 nitrogen and oxygen atoms in total. The summed E-state index contributed by atoms with van der Waals surface area (Å²) in [5, 5.41) is 11.4. The van der Waals surface area contributed by atoms with E-state index in [1.165, 1.54) is 4.90 Å². The Kier molecular flexibility index (Phi) is 8.66. The number of thioether (sulfide) groups is 2. The molecule has 0 bridgehead atoms. The van der Waals surface area contributed by atoms with Gasteiger partial charge in [-0.05, 0) is 52.3 Å². The normalized spacial score (nSPS) is 21.8. The van der Waals surface area contributed by atoms with Gasteiger partial charge in [0.1, 0.15) is 23.2 Å². The number of nitrogens with zero attached hydrogens (tertiary/aromatic N) is 1. The molecule has 1 fully saturated rings. The molecule has 2 heterocycles. The van der Waals surface area contributed by atoms with Crippen molar-refractivity contribution in [3.8, 4) is 5.75 Å². The maximum atomic E-state index is 13.0. The molecular weight excluding hydrogens is 462 g/mol. The zero-order valence-electron chi connectivity index (χ0n) is 20.3. The molecule has 33 heavy (non-hydrogen) atoms. The van der Waals surface area contributed by atoms with Crippen molar-refractivity contribution < 1.29 is 28.8 Å². The number of methoxy groups -OCH3 is 1. The second-order valence-corrected chi connectivity index (χ2v) is 11.8. The summed E-state index contributed by atoms with van der Waals surface area (Å²) in [6.45, 7) is 10.2. The molecule has 1 aromatic rings. The van der Waals surface area contributed by atoms with Gasteiger partial charge in [0.05, 0.1) is 33.0 Å². The van der Waals surface area contributed by atoms with Crippen LogP contribution in [0.2, 0.25) is 0 Å². The summed E-state index contributed by atoms with van der Waals surface area (Å²) in [7, 11) is 1.64. The lowest BCUT2D eigenvalue weighted by Crippen LogP contribution is -2.53. The van der Waals surface area contributed by atoms with Crippen LogP contribution in [0.4, 0.5) is 4.79 Å². The molecule has 2 atom stereocenters. The van der Waals surface area contributed by atoms with Gasteiger partial charge in [-0.15, -0.1) is 23.5 Å². The zero-order valence-corrected chi connectivity index (χ0v) is 21.9. The molecule has 0 spiro atoms. The van der Waals surface area contributed by atoms with Crippen molar-refractivity contribution in [3.63, 3.8) is 0 Å². The highest BCUT2D eigenvalue weighted by atomic mass is 32.2. The Morgan fingerprint density at radius 2 is 1.88 bits per heavy atom. The fourth-order valence-corrected chi connectivity index (χ4v) is 6.18. The number of hydrogen-bond acceptors (Lipinski definition) is 8. The summed E-state index contributed by atoms with van der Waals surface area (Å²) < 4.78 is 22.7. The van der Waals surface area contributed by atoms with Crippen molar-refractivity contribution >= 4 is 29.6 Å². The third-order valence-corrected chi connectivity index (χ3v) is 7.98. The van der Waals surface area contributed by atoms with E-state index < -0.39 is 29.6 Å². The first kappa shape index (κ1) is 26.2. The Bertz CT molecular complexity index is 850. The topological polar surface area (TPSA) is 77.5 Å². The van der Waals surface area contributed by atoms with E-state index in [4.69, 9.17) is 18.9 Å². The molecule has 9 heteroatoms. The highest BCUT2D eigenvalue weighted by Gasteiger charge is 2.49. The van der Waals surface area contributed by atoms with Gasteiger partial charge in [0.2, 0.25) is 0 Å². The number of carbonyl (C=O) groups excluding carboxylic acids is 1. The minimum Gasteiger partial charge on any atom is -0.497 e. The van der Waals surface area contributed by atoms with Gasteiger partial charge in [-0.25, -0.2) is 4.79 Å². The van der Waals surface area contributed by atoms with E-state index in [2.05, 4.69) is 0 Å². The minimum atomic E-state index is -0.878. The number of aliphatic hydroxyl groups excluding tert-OH is 1. The van der Waals surface area contributed by atoms with Crippen molar-refractivity contribution in [1.82, 2.24) is 4.90 Å². The molecule has 184 valence electrons. The van der Waals surface area contributed by atoms with E-state index in [1.807, 2.05) is 58.9 Å². The number of benzene rings is 1. The van der Waals surface area contributed by atoms with Gasteiger partial charge in [-0.1, -0.05) is 12.1 Å². The molecule has 0 aromatic heterocycles. The summed E-state index contributed by atoms with van der Waals surface area (Å²) >= 11 is 3.32. The number of hydrogen-bond donors (Lipinski definition) is 1. The number of amides is 1. The lowest BCUT2D eigenvalue weighted by atomic mass is 10.1.